The molecular weight excluding hydrogens is 409 g/mol. The number of ether oxygens (including phenoxy) is 1. The Bertz CT molecular complexity index is 928. The number of guanidine groups is 1. The van der Waals surface area contributed by atoms with E-state index in [4.69, 9.17) is 4.74 Å². The fourth-order valence-electron chi connectivity index (χ4n) is 3.48. The largest absolute Gasteiger partial charge is 0.379 e. The number of carbonyl (C=O) groups is 1. The van der Waals surface area contributed by atoms with E-state index in [-0.39, 0.29) is 11.7 Å². The molecule has 1 heterocycles. The minimum atomic E-state index is -0.380. The van der Waals surface area contributed by atoms with Gasteiger partial charge in [-0.1, -0.05) is 30.3 Å². The van der Waals surface area contributed by atoms with Crippen molar-refractivity contribution < 1.29 is 13.9 Å². The van der Waals surface area contributed by atoms with Gasteiger partial charge >= 0.3 is 0 Å². The van der Waals surface area contributed by atoms with Crippen molar-refractivity contribution in [2.24, 2.45) is 4.99 Å². The lowest BCUT2D eigenvalue weighted by Crippen LogP contribution is -2.41. The molecule has 0 spiro atoms. The van der Waals surface area contributed by atoms with Gasteiger partial charge in [-0.15, -0.1) is 0 Å². The molecule has 172 valence electrons. The predicted molar refractivity (Wildman–Crippen MR) is 124 cm³/mol. The number of nitrogens with zero attached hydrogens (tertiary/aromatic N) is 2. The second kappa shape index (κ2) is 12.2. The van der Waals surface area contributed by atoms with Crippen molar-refractivity contribution in [2.75, 3.05) is 46.4 Å². The van der Waals surface area contributed by atoms with Crippen molar-refractivity contribution in [1.82, 2.24) is 20.9 Å². The maximum atomic E-state index is 13.6. The molecule has 1 saturated heterocycles. The minimum Gasteiger partial charge on any atom is -0.379 e. The topological polar surface area (TPSA) is 78.0 Å². The first kappa shape index (κ1) is 23.7. The van der Waals surface area contributed by atoms with Gasteiger partial charge in [0.15, 0.2) is 5.96 Å². The molecule has 0 atom stereocenters. The van der Waals surface area contributed by atoms with Crippen LogP contribution >= 0.6 is 0 Å². The van der Waals surface area contributed by atoms with Crippen LogP contribution < -0.4 is 16.0 Å². The van der Waals surface area contributed by atoms with E-state index < -0.39 is 0 Å². The van der Waals surface area contributed by atoms with Crippen molar-refractivity contribution in [1.29, 1.82) is 0 Å². The van der Waals surface area contributed by atoms with Gasteiger partial charge in [0, 0.05) is 51.9 Å². The number of morpholine rings is 1. The van der Waals surface area contributed by atoms with Crippen molar-refractivity contribution >= 4 is 11.9 Å². The SMILES string of the molecule is CN=C(NCCNC(=O)c1ccc(C)c(F)c1)NCc1ccccc1CN1CCOCC1. The average molecular weight is 442 g/mol. The first-order valence-corrected chi connectivity index (χ1v) is 10.9. The number of benzene rings is 2. The van der Waals surface area contributed by atoms with Gasteiger partial charge in [-0.2, -0.15) is 0 Å². The Kier molecular flexibility index (Phi) is 9.01. The second-order valence-electron chi connectivity index (χ2n) is 7.73. The van der Waals surface area contributed by atoms with Crippen LogP contribution in [-0.4, -0.2) is 63.2 Å². The second-order valence-corrected chi connectivity index (χ2v) is 7.73. The molecule has 7 nitrogen and oxygen atoms in total. The van der Waals surface area contributed by atoms with Gasteiger partial charge in [-0.05, 0) is 35.7 Å². The van der Waals surface area contributed by atoms with Crippen LogP contribution in [0.5, 0.6) is 0 Å². The predicted octanol–water partition coefficient (Wildman–Crippen LogP) is 2.06. The normalized spacial score (nSPS) is 14.8. The number of nitrogens with one attached hydrogen (secondary N) is 3. The molecule has 3 N–H and O–H groups in total. The number of hydrogen-bond donors (Lipinski definition) is 3. The number of halogens is 1. The Labute approximate surface area is 189 Å². The lowest BCUT2D eigenvalue weighted by atomic mass is 10.1. The van der Waals surface area contributed by atoms with Gasteiger partial charge in [-0.25, -0.2) is 4.39 Å². The smallest absolute Gasteiger partial charge is 0.251 e. The van der Waals surface area contributed by atoms with E-state index in [2.05, 4.69) is 44.0 Å². The molecule has 2 aromatic carbocycles. The quantitative estimate of drug-likeness (QED) is 0.332. The van der Waals surface area contributed by atoms with Crippen molar-refractivity contribution in [3.8, 4) is 0 Å². The van der Waals surface area contributed by atoms with E-state index in [9.17, 15) is 9.18 Å². The van der Waals surface area contributed by atoms with Gasteiger partial charge in [0.05, 0.1) is 13.2 Å². The summed E-state index contributed by atoms with van der Waals surface area (Å²) in [6.45, 7) is 7.57. The molecule has 8 heteroatoms. The summed E-state index contributed by atoms with van der Waals surface area (Å²) in [4.78, 5) is 18.8. The summed E-state index contributed by atoms with van der Waals surface area (Å²) in [5.74, 6) is -0.0261. The molecule has 1 fully saturated rings. The lowest BCUT2D eigenvalue weighted by molar-refractivity contribution is 0.0341. The monoisotopic (exact) mass is 441 g/mol. The average Bonchev–Trinajstić information content (AvgIpc) is 2.81. The Morgan fingerprint density at radius 2 is 1.78 bits per heavy atom. The maximum absolute atomic E-state index is 13.6. The summed E-state index contributed by atoms with van der Waals surface area (Å²) in [7, 11) is 1.71. The van der Waals surface area contributed by atoms with E-state index in [1.165, 1.54) is 17.2 Å². The van der Waals surface area contributed by atoms with E-state index in [0.717, 1.165) is 32.8 Å². The molecule has 3 rings (SSSR count). The van der Waals surface area contributed by atoms with Gasteiger partial charge in [0.1, 0.15) is 5.82 Å². The van der Waals surface area contributed by atoms with Crippen LogP contribution in [0.3, 0.4) is 0 Å². The van der Waals surface area contributed by atoms with Crippen molar-refractivity contribution in [3.05, 3.63) is 70.5 Å². The van der Waals surface area contributed by atoms with Gasteiger partial charge < -0.3 is 20.7 Å². The summed E-state index contributed by atoms with van der Waals surface area (Å²) in [5.41, 5.74) is 3.34. The third kappa shape index (κ3) is 7.03. The highest BCUT2D eigenvalue weighted by molar-refractivity contribution is 5.94. The molecule has 32 heavy (non-hydrogen) atoms. The molecule has 2 aromatic rings. The molecule has 0 radical (unpaired) electrons. The molecule has 1 amide bonds. The fourth-order valence-corrected chi connectivity index (χ4v) is 3.48. The Balaban J connectivity index is 1.43. The summed E-state index contributed by atoms with van der Waals surface area (Å²) < 4.78 is 19.1. The number of amides is 1. The van der Waals surface area contributed by atoms with E-state index in [0.29, 0.717) is 36.7 Å². The Morgan fingerprint density at radius 1 is 1.06 bits per heavy atom. The Morgan fingerprint density at radius 3 is 2.50 bits per heavy atom. The lowest BCUT2D eigenvalue weighted by Gasteiger charge is -2.27. The van der Waals surface area contributed by atoms with Crippen LogP contribution in [0.4, 0.5) is 4.39 Å². The zero-order chi connectivity index (χ0) is 22.8. The molecule has 1 aliphatic heterocycles. The first-order chi connectivity index (χ1) is 15.6. The summed E-state index contributed by atoms with van der Waals surface area (Å²) in [6, 6.07) is 12.9. The third-order valence-electron chi connectivity index (χ3n) is 5.42. The van der Waals surface area contributed by atoms with Gasteiger partial charge in [-0.3, -0.25) is 14.7 Å². The molecule has 0 aliphatic carbocycles. The fraction of sp³-hybridized carbons (Fsp3) is 0.417. The van der Waals surface area contributed by atoms with Crippen LogP contribution in [0.15, 0.2) is 47.5 Å². The number of hydrogen-bond acceptors (Lipinski definition) is 4. The van der Waals surface area contributed by atoms with E-state index >= 15 is 0 Å². The van der Waals surface area contributed by atoms with E-state index in [1.54, 1.807) is 26.1 Å². The molecule has 1 aliphatic rings. The van der Waals surface area contributed by atoms with Crippen molar-refractivity contribution in [2.45, 2.75) is 20.0 Å². The Hall–Kier alpha value is -2.97. The zero-order valence-electron chi connectivity index (χ0n) is 18.8. The number of aryl methyl sites for hydroxylation is 1. The summed E-state index contributed by atoms with van der Waals surface area (Å²) >= 11 is 0. The van der Waals surface area contributed by atoms with Crippen LogP contribution in [-0.2, 0) is 17.8 Å². The van der Waals surface area contributed by atoms with Gasteiger partial charge in [0.25, 0.3) is 5.91 Å². The van der Waals surface area contributed by atoms with Crippen LogP contribution in [0.1, 0.15) is 27.0 Å². The molecule has 0 aromatic heterocycles. The highest BCUT2D eigenvalue weighted by Gasteiger charge is 2.13. The van der Waals surface area contributed by atoms with Crippen LogP contribution in [0.25, 0.3) is 0 Å². The highest BCUT2D eigenvalue weighted by Crippen LogP contribution is 2.13. The van der Waals surface area contributed by atoms with E-state index in [1.807, 2.05) is 6.07 Å². The maximum Gasteiger partial charge on any atom is 0.251 e. The zero-order valence-corrected chi connectivity index (χ0v) is 18.8. The standard InChI is InChI=1S/C24H32FN5O2/c1-18-7-8-19(15-22(18)25)23(31)27-9-10-28-24(26-2)29-16-20-5-3-4-6-21(20)17-30-11-13-32-14-12-30/h3-8,15H,9-14,16-17H2,1-2H3,(H,27,31)(H2,26,28,29). The summed E-state index contributed by atoms with van der Waals surface area (Å²) in [5, 5.41) is 9.31. The number of carbonyl (C=O) groups excluding carboxylic acids is 1. The molecule has 0 saturated carbocycles. The van der Waals surface area contributed by atoms with Crippen LogP contribution in [0.2, 0.25) is 0 Å². The molecule has 0 unspecified atom stereocenters. The summed E-state index contributed by atoms with van der Waals surface area (Å²) in [6.07, 6.45) is 0. The minimum absolute atomic E-state index is 0.300. The van der Waals surface area contributed by atoms with Crippen LogP contribution in [0, 0.1) is 12.7 Å². The number of aliphatic imine (C=N–C) groups is 1. The molecule has 0 bridgehead atoms. The number of rotatable bonds is 8. The van der Waals surface area contributed by atoms with Gasteiger partial charge in [0.2, 0.25) is 0 Å². The third-order valence-corrected chi connectivity index (χ3v) is 5.42. The van der Waals surface area contributed by atoms with Crippen molar-refractivity contribution in [3.63, 3.8) is 0 Å². The highest BCUT2D eigenvalue weighted by atomic mass is 19.1. The first-order valence-electron chi connectivity index (χ1n) is 10.9. The molecular formula is C24H32FN5O2.